The summed E-state index contributed by atoms with van der Waals surface area (Å²) in [6, 6.07) is 1.21. The fraction of sp³-hybridized carbons (Fsp3) is 1.00. The Labute approximate surface area is 113 Å². The lowest BCUT2D eigenvalue weighted by atomic mass is 10.0. The van der Waals surface area contributed by atoms with Crippen LogP contribution < -0.4 is 5.73 Å². The van der Waals surface area contributed by atoms with Crippen LogP contribution in [0.3, 0.4) is 0 Å². The van der Waals surface area contributed by atoms with E-state index in [0.29, 0.717) is 12.0 Å². The number of likely N-dealkylation sites (tertiary alicyclic amines) is 2. The van der Waals surface area contributed by atoms with Gasteiger partial charge in [-0.05, 0) is 57.8 Å². The highest BCUT2D eigenvalue weighted by molar-refractivity contribution is 4.85. The van der Waals surface area contributed by atoms with Crippen molar-refractivity contribution in [3.05, 3.63) is 0 Å². The van der Waals surface area contributed by atoms with Crippen molar-refractivity contribution in [2.45, 2.75) is 58.0 Å². The van der Waals surface area contributed by atoms with Gasteiger partial charge in [-0.1, -0.05) is 20.3 Å². The van der Waals surface area contributed by atoms with Gasteiger partial charge in [0.05, 0.1) is 0 Å². The predicted octanol–water partition coefficient (Wildman–Crippen LogP) is 1.92. The van der Waals surface area contributed by atoms with Gasteiger partial charge in [0.15, 0.2) is 0 Å². The average molecular weight is 253 g/mol. The maximum Gasteiger partial charge on any atom is 0.0235 e. The molecule has 18 heavy (non-hydrogen) atoms. The molecular formula is C15H31N3. The lowest BCUT2D eigenvalue weighted by Gasteiger charge is -2.32. The second kappa shape index (κ2) is 6.88. The summed E-state index contributed by atoms with van der Waals surface area (Å²) >= 11 is 0. The van der Waals surface area contributed by atoms with Crippen LogP contribution in [0.2, 0.25) is 0 Å². The zero-order valence-corrected chi connectivity index (χ0v) is 12.3. The number of piperidine rings is 1. The van der Waals surface area contributed by atoms with Crippen molar-refractivity contribution in [2.75, 3.05) is 32.7 Å². The summed E-state index contributed by atoms with van der Waals surface area (Å²) < 4.78 is 0. The largest absolute Gasteiger partial charge is 0.327 e. The molecule has 0 bridgehead atoms. The Morgan fingerprint density at radius 1 is 1.11 bits per heavy atom. The van der Waals surface area contributed by atoms with Gasteiger partial charge < -0.3 is 10.6 Å². The maximum absolute atomic E-state index is 6.13. The van der Waals surface area contributed by atoms with Gasteiger partial charge in [-0.15, -0.1) is 0 Å². The normalized spacial score (nSPS) is 29.0. The second-order valence-corrected chi connectivity index (χ2v) is 6.54. The molecule has 2 heterocycles. The van der Waals surface area contributed by atoms with Crippen LogP contribution >= 0.6 is 0 Å². The molecule has 0 aromatic rings. The summed E-state index contributed by atoms with van der Waals surface area (Å²) in [5.41, 5.74) is 6.13. The quantitative estimate of drug-likeness (QED) is 0.812. The molecule has 0 aliphatic carbocycles. The van der Waals surface area contributed by atoms with Gasteiger partial charge in [-0.3, -0.25) is 4.90 Å². The molecule has 0 radical (unpaired) electrons. The number of nitrogens with two attached hydrogens (primary N) is 1. The summed E-state index contributed by atoms with van der Waals surface area (Å²) in [6.07, 6.45) is 6.79. The number of hydrogen-bond donors (Lipinski definition) is 1. The topological polar surface area (TPSA) is 32.5 Å². The molecule has 0 saturated carbocycles. The zero-order chi connectivity index (χ0) is 13.0. The van der Waals surface area contributed by atoms with Gasteiger partial charge in [-0.25, -0.2) is 0 Å². The Morgan fingerprint density at radius 3 is 2.50 bits per heavy atom. The fourth-order valence-electron chi connectivity index (χ4n) is 3.26. The molecule has 0 aromatic carbocycles. The first kappa shape index (κ1) is 14.3. The molecule has 2 saturated heterocycles. The Morgan fingerprint density at radius 2 is 1.83 bits per heavy atom. The van der Waals surface area contributed by atoms with Gasteiger partial charge in [0.25, 0.3) is 0 Å². The molecule has 0 spiro atoms. The number of hydrogen-bond acceptors (Lipinski definition) is 3. The molecule has 106 valence electrons. The first-order valence-electron chi connectivity index (χ1n) is 7.89. The third-order valence-electron chi connectivity index (χ3n) is 4.79. The third-order valence-corrected chi connectivity index (χ3v) is 4.79. The van der Waals surface area contributed by atoms with E-state index < -0.39 is 0 Å². The van der Waals surface area contributed by atoms with Gasteiger partial charge in [0.2, 0.25) is 0 Å². The second-order valence-electron chi connectivity index (χ2n) is 6.54. The van der Waals surface area contributed by atoms with Gasteiger partial charge >= 0.3 is 0 Å². The van der Waals surface area contributed by atoms with Crippen LogP contribution in [0.25, 0.3) is 0 Å². The summed E-state index contributed by atoms with van der Waals surface area (Å²) in [7, 11) is 0. The molecule has 2 fully saturated rings. The summed E-state index contributed by atoms with van der Waals surface area (Å²) in [6.45, 7) is 10.9. The van der Waals surface area contributed by atoms with Crippen LogP contribution in [0.5, 0.6) is 0 Å². The predicted molar refractivity (Wildman–Crippen MR) is 77.7 cm³/mol. The van der Waals surface area contributed by atoms with E-state index in [0.717, 1.165) is 12.5 Å². The average Bonchev–Trinajstić information content (AvgIpc) is 2.85. The van der Waals surface area contributed by atoms with Crippen LogP contribution in [-0.2, 0) is 0 Å². The monoisotopic (exact) mass is 253 g/mol. The number of rotatable bonds is 5. The first-order valence-corrected chi connectivity index (χ1v) is 7.89. The zero-order valence-electron chi connectivity index (χ0n) is 12.3. The molecule has 0 aromatic heterocycles. The highest BCUT2D eigenvalue weighted by atomic mass is 15.3. The van der Waals surface area contributed by atoms with E-state index >= 15 is 0 Å². The highest BCUT2D eigenvalue weighted by Gasteiger charge is 2.28. The molecule has 2 rings (SSSR count). The molecular weight excluding hydrogens is 222 g/mol. The van der Waals surface area contributed by atoms with Crippen LogP contribution in [-0.4, -0.2) is 54.6 Å². The Hall–Kier alpha value is -0.120. The van der Waals surface area contributed by atoms with Crippen molar-refractivity contribution in [3.63, 3.8) is 0 Å². The van der Waals surface area contributed by atoms with Crippen molar-refractivity contribution in [1.29, 1.82) is 0 Å². The molecule has 3 heteroatoms. The third kappa shape index (κ3) is 3.94. The van der Waals surface area contributed by atoms with Gasteiger partial charge in [-0.2, -0.15) is 0 Å². The highest BCUT2D eigenvalue weighted by Crippen LogP contribution is 2.20. The Kier molecular flexibility index (Phi) is 5.46. The molecule has 2 aliphatic heterocycles. The van der Waals surface area contributed by atoms with Crippen molar-refractivity contribution in [1.82, 2.24) is 9.80 Å². The molecule has 3 nitrogen and oxygen atoms in total. The lowest BCUT2D eigenvalue weighted by Crippen LogP contribution is -2.41. The van der Waals surface area contributed by atoms with Crippen molar-refractivity contribution in [3.8, 4) is 0 Å². The summed E-state index contributed by atoms with van der Waals surface area (Å²) in [5, 5.41) is 0. The minimum Gasteiger partial charge on any atom is -0.327 e. The van der Waals surface area contributed by atoms with E-state index in [1.165, 1.54) is 58.4 Å². The molecule has 2 unspecified atom stereocenters. The molecule has 2 N–H and O–H groups in total. The summed E-state index contributed by atoms with van der Waals surface area (Å²) in [5.74, 6) is 0.616. The van der Waals surface area contributed by atoms with E-state index in [-0.39, 0.29) is 0 Å². The SMILES string of the molecule is CC(C)C(N)CCN1CCC(N2CCCCC2)C1. The molecule has 2 aliphatic rings. The van der Waals surface area contributed by atoms with Crippen molar-refractivity contribution >= 4 is 0 Å². The fourth-order valence-corrected chi connectivity index (χ4v) is 3.26. The maximum atomic E-state index is 6.13. The minimum atomic E-state index is 0.374. The molecule has 2 atom stereocenters. The van der Waals surface area contributed by atoms with Crippen LogP contribution in [0.1, 0.15) is 46.0 Å². The van der Waals surface area contributed by atoms with Gasteiger partial charge in [0.1, 0.15) is 0 Å². The lowest BCUT2D eigenvalue weighted by molar-refractivity contribution is 0.161. The van der Waals surface area contributed by atoms with E-state index in [4.69, 9.17) is 5.73 Å². The first-order chi connectivity index (χ1) is 8.66. The van der Waals surface area contributed by atoms with E-state index in [1.54, 1.807) is 0 Å². The Bertz CT molecular complexity index is 236. The van der Waals surface area contributed by atoms with E-state index in [9.17, 15) is 0 Å². The number of nitrogens with zero attached hydrogens (tertiary/aromatic N) is 2. The van der Waals surface area contributed by atoms with Crippen molar-refractivity contribution in [2.24, 2.45) is 11.7 Å². The smallest absolute Gasteiger partial charge is 0.0235 e. The van der Waals surface area contributed by atoms with Crippen molar-refractivity contribution < 1.29 is 0 Å². The van der Waals surface area contributed by atoms with Gasteiger partial charge in [0, 0.05) is 18.6 Å². The van der Waals surface area contributed by atoms with E-state index in [1.807, 2.05) is 0 Å². The van der Waals surface area contributed by atoms with Crippen LogP contribution in [0.15, 0.2) is 0 Å². The summed E-state index contributed by atoms with van der Waals surface area (Å²) in [4.78, 5) is 5.35. The standard InChI is InChI=1S/C15H31N3/c1-13(2)15(16)7-11-17-10-6-14(12-17)18-8-4-3-5-9-18/h13-15H,3-12,16H2,1-2H3. The minimum absolute atomic E-state index is 0.374. The molecule has 0 amide bonds. The van der Waals surface area contributed by atoms with Crippen LogP contribution in [0, 0.1) is 5.92 Å². The van der Waals surface area contributed by atoms with Crippen LogP contribution in [0.4, 0.5) is 0 Å². The Balaban J connectivity index is 1.68. The van der Waals surface area contributed by atoms with E-state index in [2.05, 4.69) is 23.6 Å².